The molecule has 0 radical (unpaired) electrons. The third-order valence-corrected chi connectivity index (χ3v) is 6.13. The lowest BCUT2D eigenvalue weighted by Gasteiger charge is -2.13. The first-order valence-electron chi connectivity index (χ1n) is 8.66. The molecule has 2 aromatic rings. The van der Waals surface area contributed by atoms with Crippen molar-refractivity contribution in [2.24, 2.45) is 0 Å². The van der Waals surface area contributed by atoms with Gasteiger partial charge in [0.05, 0.1) is 18.1 Å². The molecule has 148 valence electrons. The number of amides is 2. The molecule has 1 aromatic heterocycles. The topological polar surface area (TPSA) is 51.5 Å². The third kappa shape index (κ3) is 4.30. The molecule has 0 unspecified atom stereocenters. The molecule has 0 saturated carbocycles. The molecule has 0 atom stereocenters. The number of halogens is 2. The van der Waals surface area contributed by atoms with Gasteiger partial charge in [-0.05, 0) is 61.0 Å². The smallest absolute Gasteiger partial charge is 0.293 e. The summed E-state index contributed by atoms with van der Waals surface area (Å²) in [5, 5.41) is 0.624. The number of hydrogen-bond donors (Lipinski definition) is 0. The van der Waals surface area contributed by atoms with Gasteiger partial charge < -0.3 is 9.30 Å². The van der Waals surface area contributed by atoms with Crippen LogP contribution in [0.15, 0.2) is 29.2 Å². The van der Waals surface area contributed by atoms with Crippen molar-refractivity contribution in [1.29, 1.82) is 0 Å². The molecular formula is C20H20Cl2N2O3S. The van der Waals surface area contributed by atoms with Crippen LogP contribution in [0.1, 0.15) is 22.5 Å². The molecule has 5 nitrogen and oxygen atoms in total. The van der Waals surface area contributed by atoms with E-state index in [0.29, 0.717) is 27.1 Å². The predicted octanol–water partition coefficient (Wildman–Crippen LogP) is 5.29. The fraction of sp³-hybridized carbons (Fsp3) is 0.300. The van der Waals surface area contributed by atoms with Crippen LogP contribution < -0.4 is 0 Å². The first-order chi connectivity index (χ1) is 13.3. The Morgan fingerprint density at radius 1 is 1.18 bits per heavy atom. The number of nitrogens with zero attached hydrogens (tertiary/aromatic N) is 2. The molecule has 1 aliphatic rings. The molecule has 0 aliphatic carbocycles. The van der Waals surface area contributed by atoms with Crippen LogP contribution in [0.3, 0.4) is 0 Å². The van der Waals surface area contributed by atoms with Crippen LogP contribution in [0.25, 0.3) is 6.08 Å². The summed E-state index contributed by atoms with van der Waals surface area (Å²) in [5.41, 5.74) is 3.70. The van der Waals surface area contributed by atoms with Gasteiger partial charge in [0.25, 0.3) is 11.1 Å². The van der Waals surface area contributed by atoms with Crippen molar-refractivity contribution >= 4 is 52.2 Å². The van der Waals surface area contributed by atoms with Gasteiger partial charge in [-0.15, -0.1) is 0 Å². The van der Waals surface area contributed by atoms with E-state index in [0.717, 1.165) is 35.3 Å². The van der Waals surface area contributed by atoms with Crippen LogP contribution in [0, 0.1) is 13.8 Å². The van der Waals surface area contributed by atoms with Crippen LogP contribution >= 0.6 is 35.0 Å². The summed E-state index contributed by atoms with van der Waals surface area (Å²) in [5.74, 6) is -0.317. The molecule has 0 N–H and O–H groups in total. The molecule has 0 bridgehead atoms. The Balaban J connectivity index is 1.83. The number of carbonyl (C=O) groups excluding carboxylic acids is 2. The van der Waals surface area contributed by atoms with E-state index in [1.54, 1.807) is 31.4 Å². The van der Waals surface area contributed by atoms with Gasteiger partial charge in [-0.1, -0.05) is 29.3 Å². The molecule has 28 heavy (non-hydrogen) atoms. The van der Waals surface area contributed by atoms with E-state index >= 15 is 0 Å². The number of thioether (sulfide) groups is 1. The Morgan fingerprint density at radius 2 is 1.93 bits per heavy atom. The monoisotopic (exact) mass is 438 g/mol. The minimum absolute atomic E-state index is 0.116. The van der Waals surface area contributed by atoms with E-state index in [2.05, 4.69) is 4.57 Å². The molecule has 2 amide bonds. The van der Waals surface area contributed by atoms with Crippen LogP contribution in [-0.2, 0) is 22.6 Å². The zero-order chi connectivity index (χ0) is 20.4. The Hall–Kier alpha value is -1.73. The molecule has 8 heteroatoms. The minimum atomic E-state index is -0.317. The highest BCUT2D eigenvalue weighted by atomic mass is 35.5. The fourth-order valence-electron chi connectivity index (χ4n) is 3.10. The second kappa shape index (κ2) is 8.74. The molecule has 1 saturated heterocycles. The average molecular weight is 439 g/mol. The average Bonchev–Trinajstić information content (AvgIpc) is 3.05. The lowest BCUT2D eigenvalue weighted by molar-refractivity contribution is -0.123. The van der Waals surface area contributed by atoms with Crippen molar-refractivity contribution in [1.82, 2.24) is 9.47 Å². The van der Waals surface area contributed by atoms with Gasteiger partial charge in [0, 0.05) is 35.1 Å². The zero-order valence-electron chi connectivity index (χ0n) is 15.8. The standard InChI is InChI=1S/C20H20Cl2N2O3S/c1-12-8-15(13(2)23(12)6-7-27-3)9-18-19(25)24(20(26)28-18)11-14-4-5-16(21)10-17(14)22/h4-5,8-10H,6-7,11H2,1-3H3/b18-9-. The Labute approximate surface area is 178 Å². The van der Waals surface area contributed by atoms with Crippen molar-refractivity contribution in [2.75, 3.05) is 13.7 Å². The number of imide groups is 1. The van der Waals surface area contributed by atoms with Gasteiger partial charge >= 0.3 is 0 Å². The summed E-state index contributed by atoms with van der Waals surface area (Å²) in [7, 11) is 1.66. The molecule has 3 rings (SSSR count). The molecular weight excluding hydrogens is 419 g/mol. The van der Waals surface area contributed by atoms with Crippen LogP contribution in [0.2, 0.25) is 10.0 Å². The van der Waals surface area contributed by atoms with Crippen molar-refractivity contribution in [3.63, 3.8) is 0 Å². The third-order valence-electron chi connectivity index (χ3n) is 4.64. The largest absolute Gasteiger partial charge is 0.383 e. The number of hydrogen-bond acceptors (Lipinski definition) is 4. The van der Waals surface area contributed by atoms with Gasteiger partial charge in [0.1, 0.15) is 0 Å². The van der Waals surface area contributed by atoms with Gasteiger partial charge in [-0.3, -0.25) is 14.5 Å². The maximum atomic E-state index is 12.8. The second-order valence-corrected chi connectivity index (χ2v) is 8.31. The van der Waals surface area contributed by atoms with Gasteiger partial charge in [-0.2, -0.15) is 0 Å². The van der Waals surface area contributed by atoms with Gasteiger partial charge in [0.2, 0.25) is 0 Å². The Morgan fingerprint density at radius 3 is 2.61 bits per heavy atom. The molecule has 1 aromatic carbocycles. The highest BCUT2D eigenvalue weighted by Gasteiger charge is 2.35. The van der Waals surface area contributed by atoms with Crippen LogP contribution in [-0.4, -0.2) is 34.3 Å². The number of aromatic nitrogens is 1. The summed E-state index contributed by atoms with van der Waals surface area (Å²) in [6.07, 6.45) is 1.78. The Bertz CT molecular complexity index is 969. The van der Waals surface area contributed by atoms with E-state index in [1.807, 2.05) is 19.9 Å². The molecule has 1 aliphatic heterocycles. The highest BCUT2D eigenvalue weighted by Crippen LogP contribution is 2.35. The van der Waals surface area contributed by atoms with E-state index in [1.165, 1.54) is 4.90 Å². The lowest BCUT2D eigenvalue weighted by Crippen LogP contribution is -2.27. The number of methoxy groups -OCH3 is 1. The first kappa shape index (κ1) is 21.0. The number of benzene rings is 1. The second-order valence-electron chi connectivity index (χ2n) is 6.47. The maximum Gasteiger partial charge on any atom is 0.293 e. The van der Waals surface area contributed by atoms with Gasteiger partial charge in [-0.25, -0.2) is 0 Å². The summed E-state index contributed by atoms with van der Waals surface area (Å²) >= 11 is 13.0. The number of rotatable bonds is 6. The molecule has 2 heterocycles. The van der Waals surface area contributed by atoms with Crippen LogP contribution in [0.4, 0.5) is 4.79 Å². The van der Waals surface area contributed by atoms with Gasteiger partial charge in [0.15, 0.2) is 0 Å². The normalized spacial score (nSPS) is 15.9. The first-order valence-corrected chi connectivity index (χ1v) is 10.2. The summed E-state index contributed by atoms with van der Waals surface area (Å²) in [4.78, 5) is 26.8. The van der Waals surface area contributed by atoms with Crippen molar-refractivity contribution in [2.45, 2.75) is 26.9 Å². The van der Waals surface area contributed by atoms with E-state index in [-0.39, 0.29) is 17.7 Å². The minimum Gasteiger partial charge on any atom is -0.383 e. The van der Waals surface area contributed by atoms with E-state index < -0.39 is 0 Å². The quantitative estimate of drug-likeness (QED) is 0.574. The van der Waals surface area contributed by atoms with Crippen molar-refractivity contribution < 1.29 is 14.3 Å². The van der Waals surface area contributed by atoms with Crippen LogP contribution in [0.5, 0.6) is 0 Å². The van der Waals surface area contributed by atoms with Crippen molar-refractivity contribution in [3.05, 3.63) is 61.7 Å². The molecule has 0 spiro atoms. The number of carbonyl (C=O) groups is 2. The Kier molecular flexibility index (Phi) is 6.55. The lowest BCUT2D eigenvalue weighted by atomic mass is 10.2. The number of ether oxygens (including phenoxy) is 1. The number of aryl methyl sites for hydroxylation is 1. The fourth-order valence-corrected chi connectivity index (χ4v) is 4.40. The SMILES string of the molecule is COCCn1c(C)cc(/C=C2\SC(=O)N(Cc3ccc(Cl)cc3Cl)C2=O)c1C. The summed E-state index contributed by atoms with van der Waals surface area (Å²) in [6.45, 7) is 5.46. The van der Waals surface area contributed by atoms with Crippen molar-refractivity contribution in [3.8, 4) is 0 Å². The summed E-state index contributed by atoms with van der Waals surface area (Å²) in [6, 6.07) is 7.02. The zero-order valence-corrected chi connectivity index (χ0v) is 18.1. The highest BCUT2D eigenvalue weighted by molar-refractivity contribution is 8.18. The maximum absolute atomic E-state index is 12.8. The van der Waals surface area contributed by atoms with E-state index in [9.17, 15) is 9.59 Å². The summed E-state index contributed by atoms with van der Waals surface area (Å²) < 4.78 is 7.28. The van der Waals surface area contributed by atoms with E-state index in [4.69, 9.17) is 27.9 Å². The molecule has 1 fully saturated rings. The predicted molar refractivity (Wildman–Crippen MR) is 114 cm³/mol.